The second-order valence-electron chi connectivity index (χ2n) is 10.3. The van der Waals surface area contributed by atoms with Crippen LogP contribution >= 0.6 is 0 Å². The van der Waals surface area contributed by atoms with Crippen LogP contribution in [-0.4, -0.2) is 96.4 Å². The Morgan fingerprint density at radius 3 is 0.500 bits per heavy atom. The van der Waals surface area contributed by atoms with E-state index in [2.05, 4.69) is 29.9 Å². The fourth-order valence-corrected chi connectivity index (χ4v) is 4.18. The van der Waals surface area contributed by atoms with Gasteiger partial charge in [0.2, 0.25) is 0 Å². The van der Waals surface area contributed by atoms with E-state index in [0.717, 1.165) is 0 Å². The number of aromatic nitrogens is 6. The summed E-state index contributed by atoms with van der Waals surface area (Å²) >= 11 is 0. The maximum absolute atomic E-state index is 10.8. The monoisotopic (exact) mass is 936 g/mol. The number of carboxylic acid groups (broad SMARTS) is 6. The normalized spacial score (nSPS) is 9.64. The number of carboxylic acids is 6. The van der Waals surface area contributed by atoms with Crippen LogP contribution in [0.2, 0.25) is 0 Å². The van der Waals surface area contributed by atoms with Gasteiger partial charge in [0, 0.05) is 39.0 Å². The zero-order valence-corrected chi connectivity index (χ0v) is 31.4. The Balaban J connectivity index is 0.000000285. The minimum absolute atomic E-state index is 0. The van der Waals surface area contributed by atoms with Gasteiger partial charge in [-0.15, -0.1) is 0 Å². The minimum atomic E-state index is -1.15. The number of carbonyl (C=O) groups is 6. The van der Waals surface area contributed by atoms with Crippen molar-refractivity contribution in [1.29, 1.82) is 0 Å². The summed E-state index contributed by atoms with van der Waals surface area (Å²) in [5, 5.41) is 52.9. The molecule has 56 heavy (non-hydrogen) atoms. The molecule has 0 amide bonds. The first-order valence-electron chi connectivity index (χ1n) is 15.0. The molecular weight excluding hydrogens is 911 g/mol. The number of nitrogens with zero attached hydrogens (tertiary/aromatic N) is 6. The van der Waals surface area contributed by atoms with Crippen LogP contribution < -0.4 is 0 Å². The van der Waals surface area contributed by atoms with Crippen molar-refractivity contribution >= 4 is 35.8 Å². The quantitative estimate of drug-likeness (QED) is 0.108. The summed E-state index contributed by atoms with van der Waals surface area (Å²) in [6.07, 6.45) is 0. The topological polar surface area (TPSA) is 301 Å². The zero-order chi connectivity index (χ0) is 39.4. The van der Waals surface area contributed by atoms with Crippen LogP contribution in [0.3, 0.4) is 0 Å². The van der Waals surface area contributed by atoms with Gasteiger partial charge in [-0.25, -0.2) is 58.7 Å². The zero-order valence-electron chi connectivity index (χ0n) is 27.9. The second-order valence-corrected chi connectivity index (χ2v) is 10.3. The minimum Gasteiger partial charge on any atom is -0.477 e. The van der Waals surface area contributed by atoms with Crippen molar-refractivity contribution in [2.75, 3.05) is 0 Å². The van der Waals surface area contributed by atoms with Crippen molar-refractivity contribution < 1.29 is 98.4 Å². The van der Waals surface area contributed by atoms with Crippen LogP contribution in [0.4, 0.5) is 0 Å². The van der Waals surface area contributed by atoms with Crippen LogP contribution in [0.1, 0.15) is 62.9 Å². The van der Waals surface area contributed by atoms with Crippen LogP contribution in [0.25, 0.3) is 34.2 Å². The molecule has 18 nitrogen and oxygen atoms in total. The molecule has 0 aliphatic rings. The molecule has 0 aromatic carbocycles. The Morgan fingerprint density at radius 2 is 0.393 bits per heavy atom. The van der Waals surface area contributed by atoms with E-state index in [4.69, 9.17) is 30.6 Å². The Bertz CT molecular complexity index is 1980. The molecule has 0 saturated carbocycles. The summed E-state index contributed by atoms with van der Waals surface area (Å²) in [6, 6.07) is 26.7. The first-order chi connectivity index (χ1) is 25.7. The standard InChI is InChI=1S/3C12H8N2O4.2Ru/c3*15-11(16)9-5-1-3-7(13-9)8-4-2-6-10(14-8)12(17)18;;/h3*1-6H,(H,15,16)(H,17,18);;. The average Bonchev–Trinajstić information content (AvgIpc) is 3.18. The predicted molar refractivity (Wildman–Crippen MR) is 184 cm³/mol. The Hall–Kier alpha value is -7.03. The number of hydrogen-bond acceptors (Lipinski definition) is 12. The van der Waals surface area contributed by atoms with Gasteiger partial charge in [-0.1, -0.05) is 36.4 Å². The molecule has 0 radical (unpaired) electrons. The van der Waals surface area contributed by atoms with E-state index in [1.54, 1.807) is 36.4 Å². The maximum atomic E-state index is 10.8. The molecule has 6 rings (SSSR count). The molecule has 6 heterocycles. The molecule has 286 valence electrons. The van der Waals surface area contributed by atoms with Gasteiger partial charge in [0.1, 0.15) is 34.2 Å². The summed E-state index contributed by atoms with van der Waals surface area (Å²) in [7, 11) is 0. The predicted octanol–water partition coefficient (Wildman–Crippen LogP) is 4.62. The van der Waals surface area contributed by atoms with Gasteiger partial charge in [0.15, 0.2) is 0 Å². The van der Waals surface area contributed by atoms with Crippen molar-refractivity contribution in [1.82, 2.24) is 29.9 Å². The first-order valence-corrected chi connectivity index (χ1v) is 15.0. The van der Waals surface area contributed by atoms with Crippen molar-refractivity contribution in [2.45, 2.75) is 0 Å². The summed E-state index contributed by atoms with van der Waals surface area (Å²) < 4.78 is 0. The van der Waals surface area contributed by atoms with Gasteiger partial charge < -0.3 is 30.6 Å². The smallest absolute Gasteiger partial charge is 0.354 e. The third kappa shape index (κ3) is 12.5. The summed E-state index contributed by atoms with van der Waals surface area (Å²) in [4.78, 5) is 88.0. The SMILES string of the molecule is O=C(O)c1cccc(-c2cccc(C(=O)O)n2)n1.O=C(O)c1cccc(-c2cccc(C(=O)O)n2)n1.O=C(O)c1cccc(-c2cccc(C(=O)O)n2)n1.[Ru].[Ru]. The third-order valence-corrected chi connectivity index (χ3v) is 6.60. The molecule has 0 aliphatic carbocycles. The molecular formula is C36H24N6O12Ru2. The molecule has 0 spiro atoms. The van der Waals surface area contributed by atoms with Gasteiger partial charge in [0.05, 0.1) is 34.2 Å². The van der Waals surface area contributed by atoms with Gasteiger partial charge in [-0.2, -0.15) is 0 Å². The molecule has 6 aromatic heterocycles. The number of pyridine rings is 6. The number of aromatic carboxylic acids is 6. The molecule has 0 fully saturated rings. The Morgan fingerprint density at radius 1 is 0.268 bits per heavy atom. The van der Waals surface area contributed by atoms with Crippen LogP contribution in [0, 0.1) is 0 Å². The van der Waals surface area contributed by atoms with Crippen molar-refractivity contribution in [3.8, 4) is 34.2 Å². The third-order valence-electron chi connectivity index (χ3n) is 6.60. The van der Waals surface area contributed by atoms with E-state index in [-0.39, 0.29) is 73.1 Å². The van der Waals surface area contributed by atoms with E-state index < -0.39 is 35.8 Å². The molecule has 20 heteroatoms. The second kappa shape index (κ2) is 21.0. The first kappa shape index (κ1) is 45.1. The van der Waals surface area contributed by atoms with E-state index >= 15 is 0 Å². The molecule has 0 unspecified atom stereocenters. The van der Waals surface area contributed by atoms with Gasteiger partial charge >= 0.3 is 35.8 Å². The van der Waals surface area contributed by atoms with Crippen LogP contribution in [-0.2, 0) is 39.0 Å². The van der Waals surface area contributed by atoms with Gasteiger partial charge in [-0.05, 0) is 72.8 Å². The summed E-state index contributed by atoms with van der Waals surface area (Å²) in [5.74, 6) is -6.88. The van der Waals surface area contributed by atoms with Crippen molar-refractivity contribution in [3.05, 3.63) is 143 Å². The fourth-order valence-electron chi connectivity index (χ4n) is 4.18. The number of rotatable bonds is 9. The molecule has 6 N–H and O–H groups in total. The number of hydrogen-bond donors (Lipinski definition) is 6. The Labute approximate surface area is 340 Å². The van der Waals surface area contributed by atoms with Gasteiger partial charge in [-0.3, -0.25) is 0 Å². The molecule has 0 saturated heterocycles. The van der Waals surface area contributed by atoms with Crippen LogP contribution in [0.5, 0.6) is 0 Å². The fraction of sp³-hybridized carbons (Fsp3) is 0. The average molecular weight is 935 g/mol. The Kier molecular flexibility index (Phi) is 16.9. The maximum Gasteiger partial charge on any atom is 0.354 e. The summed E-state index contributed by atoms with van der Waals surface area (Å²) in [6.45, 7) is 0. The van der Waals surface area contributed by atoms with Gasteiger partial charge in [0.25, 0.3) is 0 Å². The van der Waals surface area contributed by atoms with Crippen molar-refractivity contribution in [3.63, 3.8) is 0 Å². The molecule has 6 aromatic rings. The van der Waals surface area contributed by atoms with E-state index in [0.29, 0.717) is 34.2 Å². The summed E-state index contributed by atoms with van der Waals surface area (Å²) in [5.41, 5.74) is 1.21. The largest absolute Gasteiger partial charge is 0.477 e. The molecule has 0 atom stereocenters. The molecule has 0 bridgehead atoms. The van der Waals surface area contributed by atoms with E-state index in [1.165, 1.54) is 72.8 Å². The molecule has 0 aliphatic heterocycles. The van der Waals surface area contributed by atoms with E-state index in [1.807, 2.05) is 0 Å². The van der Waals surface area contributed by atoms with E-state index in [9.17, 15) is 28.8 Å². The van der Waals surface area contributed by atoms with Crippen molar-refractivity contribution in [2.24, 2.45) is 0 Å². The van der Waals surface area contributed by atoms with Crippen LogP contribution in [0.15, 0.2) is 109 Å².